The van der Waals surface area contributed by atoms with Crippen molar-refractivity contribution in [1.29, 1.82) is 0 Å². The minimum atomic E-state index is -1.10. The van der Waals surface area contributed by atoms with E-state index in [9.17, 15) is 19.5 Å². The van der Waals surface area contributed by atoms with Crippen molar-refractivity contribution in [1.82, 2.24) is 25.8 Å². The monoisotopic (exact) mass is 595 g/mol. The number of thiazole rings is 1. The fourth-order valence-electron chi connectivity index (χ4n) is 4.29. The molecular weight excluding hydrogens is 554 g/mol. The lowest BCUT2D eigenvalue weighted by Crippen LogP contribution is -2.55. The largest absolute Gasteiger partial charge is 0.444 e. The van der Waals surface area contributed by atoms with Crippen LogP contribution in [0, 0.1) is 0 Å². The van der Waals surface area contributed by atoms with Crippen LogP contribution in [0.1, 0.15) is 42.7 Å². The van der Waals surface area contributed by atoms with E-state index < -0.39 is 30.7 Å². The van der Waals surface area contributed by atoms with Crippen LogP contribution in [0.4, 0.5) is 9.59 Å². The first-order chi connectivity index (χ1) is 20.2. The van der Waals surface area contributed by atoms with Gasteiger partial charge in [0.25, 0.3) is 0 Å². The fraction of sp³-hybridized carbons (Fsp3) is 0.419. The van der Waals surface area contributed by atoms with Gasteiger partial charge < -0.3 is 30.7 Å². The number of nitrogens with zero attached hydrogens (tertiary/aromatic N) is 2. The SMILES string of the molecule is CC(C)N(C)C(=O)NC(CO)C(=O)NC(CCC(Cc1ccccc1)NC(=O)OCc1cncs1)Cc1ccccc1. The number of hydrogen-bond donors (Lipinski definition) is 4. The molecule has 0 radical (unpaired) electrons. The third-order valence-corrected chi connectivity index (χ3v) is 7.66. The summed E-state index contributed by atoms with van der Waals surface area (Å²) in [4.78, 5) is 44.8. The van der Waals surface area contributed by atoms with Gasteiger partial charge in [0.15, 0.2) is 0 Å². The Morgan fingerprint density at radius 1 is 0.905 bits per heavy atom. The molecule has 0 spiro atoms. The van der Waals surface area contributed by atoms with Gasteiger partial charge in [0, 0.05) is 31.4 Å². The van der Waals surface area contributed by atoms with Crippen molar-refractivity contribution >= 4 is 29.4 Å². The predicted octanol–water partition coefficient (Wildman–Crippen LogP) is 3.90. The van der Waals surface area contributed by atoms with Gasteiger partial charge in [0.05, 0.1) is 17.0 Å². The number of benzene rings is 2. The summed E-state index contributed by atoms with van der Waals surface area (Å²) in [5.74, 6) is -0.472. The van der Waals surface area contributed by atoms with E-state index in [0.717, 1.165) is 16.0 Å². The van der Waals surface area contributed by atoms with E-state index in [1.807, 2.05) is 74.5 Å². The van der Waals surface area contributed by atoms with E-state index in [0.29, 0.717) is 25.7 Å². The van der Waals surface area contributed by atoms with Gasteiger partial charge in [0.2, 0.25) is 5.91 Å². The first-order valence-corrected chi connectivity index (χ1v) is 15.0. The number of aliphatic hydroxyl groups excluding tert-OH is 1. The van der Waals surface area contributed by atoms with Gasteiger partial charge in [-0.2, -0.15) is 0 Å². The number of rotatable bonds is 15. The molecule has 0 fully saturated rings. The van der Waals surface area contributed by atoms with Crippen molar-refractivity contribution in [3.05, 3.63) is 88.4 Å². The number of aromatic nitrogens is 1. The average molecular weight is 596 g/mol. The number of carbonyl (C=O) groups is 3. The summed E-state index contributed by atoms with van der Waals surface area (Å²) in [5, 5.41) is 18.5. The summed E-state index contributed by atoms with van der Waals surface area (Å²) in [6.07, 6.45) is 3.35. The molecule has 4 amide bonds. The highest BCUT2D eigenvalue weighted by Gasteiger charge is 2.26. The van der Waals surface area contributed by atoms with Crippen LogP contribution in [0.5, 0.6) is 0 Å². The summed E-state index contributed by atoms with van der Waals surface area (Å²) in [7, 11) is 1.63. The molecule has 0 saturated carbocycles. The van der Waals surface area contributed by atoms with Crippen molar-refractivity contribution in [3.63, 3.8) is 0 Å². The summed E-state index contributed by atoms with van der Waals surface area (Å²) < 4.78 is 5.42. The lowest BCUT2D eigenvalue weighted by atomic mass is 9.96. The van der Waals surface area contributed by atoms with Crippen molar-refractivity contribution in [2.45, 2.75) is 70.3 Å². The van der Waals surface area contributed by atoms with E-state index in [2.05, 4.69) is 20.9 Å². The molecule has 3 unspecified atom stereocenters. The Bertz CT molecular complexity index is 1230. The second-order valence-corrected chi connectivity index (χ2v) is 11.4. The van der Waals surface area contributed by atoms with Gasteiger partial charge in [-0.3, -0.25) is 9.78 Å². The molecule has 0 aliphatic carbocycles. The van der Waals surface area contributed by atoms with Crippen molar-refractivity contribution in [2.75, 3.05) is 13.7 Å². The molecule has 1 heterocycles. The molecular formula is C31H41N5O5S. The molecule has 10 nitrogen and oxygen atoms in total. The minimum Gasteiger partial charge on any atom is -0.444 e. The molecule has 4 N–H and O–H groups in total. The molecule has 42 heavy (non-hydrogen) atoms. The zero-order valence-electron chi connectivity index (χ0n) is 24.4. The van der Waals surface area contributed by atoms with Crippen LogP contribution in [0.3, 0.4) is 0 Å². The van der Waals surface area contributed by atoms with E-state index in [1.54, 1.807) is 18.8 Å². The van der Waals surface area contributed by atoms with E-state index >= 15 is 0 Å². The highest BCUT2D eigenvalue weighted by Crippen LogP contribution is 2.14. The topological polar surface area (TPSA) is 133 Å². The van der Waals surface area contributed by atoms with Crippen LogP contribution < -0.4 is 16.0 Å². The quantitative estimate of drug-likeness (QED) is 0.211. The van der Waals surface area contributed by atoms with Crippen molar-refractivity contribution in [3.8, 4) is 0 Å². The molecule has 0 saturated heterocycles. The standard InChI is InChI=1S/C31H41N5O5S/c1-22(2)36(3)30(39)35-28(19-37)29(38)33-25(16-23-10-6-4-7-11-23)14-15-26(17-24-12-8-5-9-13-24)34-31(40)41-20-27-18-32-21-42-27/h4-13,18,21-22,25-26,28,37H,14-17,19-20H2,1-3H3,(H,33,38)(H,34,40)(H,35,39). The Hall–Kier alpha value is -3.96. The maximum Gasteiger partial charge on any atom is 0.407 e. The lowest BCUT2D eigenvalue weighted by Gasteiger charge is -2.27. The molecule has 2 aromatic carbocycles. The molecule has 1 aromatic heterocycles. The van der Waals surface area contributed by atoms with Gasteiger partial charge in [-0.1, -0.05) is 60.7 Å². The Morgan fingerprint density at radius 3 is 1.98 bits per heavy atom. The summed E-state index contributed by atoms with van der Waals surface area (Å²) in [6.45, 7) is 3.32. The Morgan fingerprint density at radius 2 is 1.48 bits per heavy atom. The number of aliphatic hydroxyl groups is 1. The number of urea groups is 1. The van der Waals surface area contributed by atoms with Crippen LogP contribution in [-0.4, -0.2) is 70.8 Å². The van der Waals surface area contributed by atoms with E-state index in [4.69, 9.17) is 4.74 Å². The van der Waals surface area contributed by atoms with Crippen LogP contribution in [-0.2, 0) is 29.0 Å². The Balaban J connectivity index is 1.69. The van der Waals surface area contributed by atoms with E-state index in [1.165, 1.54) is 16.2 Å². The number of amides is 4. The minimum absolute atomic E-state index is 0.0686. The van der Waals surface area contributed by atoms with Gasteiger partial charge in [-0.05, 0) is 50.7 Å². The number of ether oxygens (including phenoxy) is 1. The zero-order chi connectivity index (χ0) is 30.3. The number of hydrogen-bond acceptors (Lipinski definition) is 7. The highest BCUT2D eigenvalue weighted by atomic mass is 32.1. The van der Waals surface area contributed by atoms with Gasteiger partial charge >= 0.3 is 12.1 Å². The van der Waals surface area contributed by atoms with Gasteiger partial charge in [-0.15, -0.1) is 11.3 Å². The summed E-state index contributed by atoms with van der Waals surface area (Å²) in [6, 6.07) is 17.4. The molecule has 3 rings (SSSR count). The van der Waals surface area contributed by atoms with Gasteiger partial charge in [0.1, 0.15) is 12.6 Å². The van der Waals surface area contributed by atoms with Crippen LogP contribution in [0.2, 0.25) is 0 Å². The molecule has 11 heteroatoms. The first kappa shape index (κ1) is 32.6. The second-order valence-electron chi connectivity index (χ2n) is 10.4. The third kappa shape index (κ3) is 11.1. The molecule has 0 aliphatic rings. The van der Waals surface area contributed by atoms with Crippen molar-refractivity contribution in [2.24, 2.45) is 0 Å². The van der Waals surface area contributed by atoms with Gasteiger partial charge in [-0.25, -0.2) is 9.59 Å². The fourth-order valence-corrected chi connectivity index (χ4v) is 4.80. The van der Waals surface area contributed by atoms with Crippen LogP contribution >= 0.6 is 11.3 Å². The number of alkyl carbamates (subject to hydrolysis) is 1. The Kier molecular flexibility index (Phi) is 13.3. The number of nitrogens with one attached hydrogen (secondary N) is 3. The molecule has 3 aromatic rings. The average Bonchev–Trinajstić information content (AvgIpc) is 3.51. The van der Waals surface area contributed by atoms with E-state index in [-0.39, 0.29) is 24.7 Å². The normalized spacial score (nSPS) is 13.1. The molecule has 3 atom stereocenters. The summed E-state index contributed by atoms with van der Waals surface area (Å²) in [5.41, 5.74) is 3.78. The first-order valence-electron chi connectivity index (χ1n) is 14.1. The third-order valence-electron chi connectivity index (χ3n) is 6.90. The molecule has 226 valence electrons. The predicted molar refractivity (Wildman–Crippen MR) is 163 cm³/mol. The maximum absolute atomic E-state index is 13.2. The summed E-state index contributed by atoms with van der Waals surface area (Å²) >= 11 is 1.41. The van der Waals surface area contributed by atoms with Crippen LogP contribution in [0.25, 0.3) is 0 Å². The number of carbonyl (C=O) groups excluding carboxylic acids is 3. The zero-order valence-corrected chi connectivity index (χ0v) is 25.2. The highest BCUT2D eigenvalue weighted by molar-refractivity contribution is 7.09. The maximum atomic E-state index is 13.2. The smallest absolute Gasteiger partial charge is 0.407 e. The molecule has 0 bridgehead atoms. The van der Waals surface area contributed by atoms with Crippen molar-refractivity contribution < 1.29 is 24.2 Å². The molecule has 0 aliphatic heterocycles. The lowest BCUT2D eigenvalue weighted by molar-refractivity contribution is -0.124. The second kappa shape index (κ2) is 17.1. The van der Waals surface area contributed by atoms with Crippen LogP contribution in [0.15, 0.2) is 72.4 Å². The Labute approximate surface area is 251 Å².